The maximum Gasteiger partial charge on any atom is 0.263 e. The van der Waals surface area contributed by atoms with Crippen LogP contribution in [0.4, 0.5) is 0 Å². The molecule has 0 aliphatic carbocycles. The van der Waals surface area contributed by atoms with Crippen molar-refractivity contribution in [2.24, 2.45) is 0 Å². The lowest BCUT2D eigenvalue weighted by atomic mass is 10.1. The third-order valence-electron chi connectivity index (χ3n) is 4.76. The highest BCUT2D eigenvalue weighted by atomic mass is 35.5. The molecule has 5 nitrogen and oxygen atoms in total. The Hall–Kier alpha value is -3.00. The van der Waals surface area contributed by atoms with Crippen molar-refractivity contribution in [1.82, 2.24) is 5.32 Å². The van der Waals surface area contributed by atoms with E-state index in [1.54, 1.807) is 31.4 Å². The van der Waals surface area contributed by atoms with Crippen LogP contribution >= 0.6 is 35.6 Å². The minimum absolute atomic E-state index is 0.230. The average Bonchev–Trinajstić information content (AvgIpc) is 3.14. The van der Waals surface area contributed by atoms with Crippen LogP contribution in [0, 0.1) is 0 Å². The standard InChI is InChI=1S/C25H20ClNO4S2/c1-29-22-11-17(7-9-21(22)31-14-16-5-3-2-4-6-16)15-30-20-10-8-19(26)12-18(20)13-23-24(28)27-25(32)33-23/h2-13H,14-15H2,1H3,(H,27,28,32)/b23-13+. The first-order chi connectivity index (χ1) is 16.0. The first kappa shape index (κ1) is 23.2. The molecule has 4 rings (SSSR count). The number of halogens is 1. The molecule has 0 unspecified atom stereocenters. The first-order valence-electron chi connectivity index (χ1n) is 10.0. The van der Waals surface area contributed by atoms with E-state index in [4.69, 9.17) is 38.0 Å². The third-order valence-corrected chi connectivity index (χ3v) is 6.16. The summed E-state index contributed by atoms with van der Waals surface area (Å²) < 4.78 is 17.9. The van der Waals surface area contributed by atoms with Crippen LogP contribution in [0.15, 0.2) is 71.6 Å². The highest BCUT2D eigenvalue weighted by Crippen LogP contribution is 2.33. The van der Waals surface area contributed by atoms with Crippen LogP contribution in [0.3, 0.4) is 0 Å². The molecular formula is C25H20ClNO4S2. The lowest BCUT2D eigenvalue weighted by molar-refractivity contribution is -0.115. The lowest BCUT2D eigenvalue weighted by Gasteiger charge is -2.14. The molecule has 3 aromatic rings. The van der Waals surface area contributed by atoms with E-state index in [9.17, 15) is 4.79 Å². The molecule has 1 amide bonds. The Kier molecular flexibility index (Phi) is 7.54. The average molecular weight is 498 g/mol. The molecular weight excluding hydrogens is 478 g/mol. The molecule has 168 valence electrons. The molecule has 0 bridgehead atoms. The number of rotatable bonds is 8. The zero-order chi connectivity index (χ0) is 23.2. The van der Waals surface area contributed by atoms with Crippen LogP contribution in [-0.2, 0) is 18.0 Å². The summed E-state index contributed by atoms with van der Waals surface area (Å²) in [5, 5.41) is 3.15. The van der Waals surface area contributed by atoms with Crippen LogP contribution in [0.1, 0.15) is 16.7 Å². The Bertz CT molecular complexity index is 1210. The summed E-state index contributed by atoms with van der Waals surface area (Å²) in [5.74, 6) is 1.65. The van der Waals surface area contributed by atoms with Gasteiger partial charge in [-0.15, -0.1) is 0 Å². The van der Waals surface area contributed by atoms with Crippen LogP contribution in [0.25, 0.3) is 6.08 Å². The van der Waals surface area contributed by atoms with E-state index in [1.807, 2.05) is 48.5 Å². The number of ether oxygens (including phenoxy) is 3. The Morgan fingerprint density at radius 1 is 0.939 bits per heavy atom. The van der Waals surface area contributed by atoms with E-state index in [2.05, 4.69) is 5.32 Å². The van der Waals surface area contributed by atoms with Crippen molar-refractivity contribution in [3.63, 3.8) is 0 Å². The number of hydrogen-bond acceptors (Lipinski definition) is 6. The van der Waals surface area contributed by atoms with Crippen LogP contribution < -0.4 is 19.5 Å². The molecule has 1 saturated heterocycles. The van der Waals surface area contributed by atoms with E-state index in [1.165, 1.54) is 11.8 Å². The topological polar surface area (TPSA) is 56.8 Å². The summed E-state index contributed by atoms with van der Waals surface area (Å²) in [7, 11) is 1.60. The summed E-state index contributed by atoms with van der Waals surface area (Å²) >= 11 is 12.4. The van der Waals surface area contributed by atoms with Gasteiger partial charge in [0.05, 0.1) is 12.0 Å². The van der Waals surface area contributed by atoms with Gasteiger partial charge in [-0.2, -0.15) is 0 Å². The summed E-state index contributed by atoms with van der Waals surface area (Å²) in [6.07, 6.45) is 1.72. The zero-order valence-corrected chi connectivity index (χ0v) is 20.1. The second kappa shape index (κ2) is 10.7. The molecule has 1 fully saturated rings. The van der Waals surface area contributed by atoms with E-state index in [0.717, 1.165) is 11.1 Å². The summed E-state index contributed by atoms with van der Waals surface area (Å²) in [6.45, 7) is 0.746. The van der Waals surface area contributed by atoms with E-state index in [-0.39, 0.29) is 5.91 Å². The van der Waals surface area contributed by atoms with Gasteiger partial charge in [0, 0.05) is 10.6 Å². The van der Waals surface area contributed by atoms with Crippen LogP contribution in [-0.4, -0.2) is 17.3 Å². The molecule has 1 heterocycles. The van der Waals surface area contributed by atoms with Crippen molar-refractivity contribution in [3.8, 4) is 17.2 Å². The highest BCUT2D eigenvalue weighted by molar-refractivity contribution is 8.26. The molecule has 0 aromatic heterocycles. The minimum atomic E-state index is -0.230. The molecule has 0 radical (unpaired) electrons. The predicted molar refractivity (Wildman–Crippen MR) is 136 cm³/mol. The fourth-order valence-electron chi connectivity index (χ4n) is 3.14. The Labute approximate surface area is 206 Å². The summed E-state index contributed by atoms with van der Waals surface area (Å²) in [6, 6.07) is 20.9. The van der Waals surface area contributed by atoms with Gasteiger partial charge in [0.15, 0.2) is 11.5 Å². The Morgan fingerprint density at radius 2 is 1.67 bits per heavy atom. The van der Waals surface area contributed by atoms with Gasteiger partial charge >= 0.3 is 0 Å². The maximum atomic E-state index is 12.0. The number of nitrogens with one attached hydrogen (secondary N) is 1. The van der Waals surface area contributed by atoms with Gasteiger partial charge in [0.25, 0.3) is 5.91 Å². The lowest BCUT2D eigenvalue weighted by Crippen LogP contribution is -2.17. The molecule has 1 aliphatic heterocycles. The van der Waals surface area contributed by atoms with Crippen molar-refractivity contribution in [2.45, 2.75) is 13.2 Å². The molecule has 3 aromatic carbocycles. The minimum Gasteiger partial charge on any atom is -0.493 e. The van der Waals surface area contributed by atoms with Gasteiger partial charge < -0.3 is 19.5 Å². The molecule has 0 atom stereocenters. The molecule has 8 heteroatoms. The fourth-order valence-corrected chi connectivity index (χ4v) is 4.36. The van der Waals surface area contributed by atoms with Gasteiger partial charge in [-0.05, 0) is 47.5 Å². The smallest absolute Gasteiger partial charge is 0.263 e. The molecule has 0 saturated carbocycles. The number of amides is 1. The van der Waals surface area contributed by atoms with Gasteiger partial charge in [-0.25, -0.2) is 0 Å². The summed E-state index contributed by atoms with van der Waals surface area (Å²) in [5.41, 5.74) is 2.67. The molecule has 0 spiro atoms. The van der Waals surface area contributed by atoms with Crippen molar-refractivity contribution < 1.29 is 19.0 Å². The normalized spacial score (nSPS) is 14.3. The fraction of sp³-hybridized carbons (Fsp3) is 0.120. The first-order valence-corrected chi connectivity index (χ1v) is 11.6. The second-order valence-electron chi connectivity index (χ2n) is 7.08. The maximum absolute atomic E-state index is 12.0. The number of carbonyl (C=O) groups excluding carboxylic acids is 1. The number of thioether (sulfide) groups is 1. The SMILES string of the molecule is COc1cc(COc2ccc(Cl)cc2/C=C2/SC(=S)NC2=O)ccc1OCc1ccccc1. The number of thiocarbonyl (C=S) groups is 1. The number of methoxy groups -OCH3 is 1. The summed E-state index contributed by atoms with van der Waals surface area (Å²) in [4.78, 5) is 12.5. The van der Waals surface area contributed by atoms with Crippen molar-refractivity contribution in [1.29, 1.82) is 0 Å². The molecule has 1 aliphatic rings. The van der Waals surface area contributed by atoms with Crippen molar-refractivity contribution >= 4 is 51.9 Å². The van der Waals surface area contributed by atoms with E-state index >= 15 is 0 Å². The Morgan fingerprint density at radius 3 is 2.39 bits per heavy atom. The Balaban J connectivity index is 1.47. The molecule has 1 N–H and O–H groups in total. The second-order valence-corrected chi connectivity index (χ2v) is 9.24. The van der Waals surface area contributed by atoms with Crippen molar-refractivity contribution in [2.75, 3.05) is 7.11 Å². The van der Waals surface area contributed by atoms with Crippen molar-refractivity contribution in [3.05, 3.63) is 93.3 Å². The van der Waals surface area contributed by atoms with Gasteiger partial charge in [0.1, 0.15) is 23.3 Å². The number of carbonyl (C=O) groups is 1. The van der Waals surface area contributed by atoms with E-state index in [0.29, 0.717) is 50.3 Å². The predicted octanol–water partition coefficient (Wildman–Crippen LogP) is 6.00. The number of benzene rings is 3. The highest BCUT2D eigenvalue weighted by Gasteiger charge is 2.22. The third kappa shape index (κ3) is 6.07. The van der Waals surface area contributed by atoms with E-state index < -0.39 is 0 Å². The van der Waals surface area contributed by atoms with Gasteiger partial charge in [-0.1, -0.05) is 72.0 Å². The zero-order valence-electron chi connectivity index (χ0n) is 17.7. The van der Waals surface area contributed by atoms with Gasteiger partial charge in [0.2, 0.25) is 0 Å². The molecule has 33 heavy (non-hydrogen) atoms. The monoisotopic (exact) mass is 497 g/mol. The van der Waals surface area contributed by atoms with Crippen LogP contribution in [0.5, 0.6) is 17.2 Å². The number of hydrogen-bond donors (Lipinski definition) is 1. The van der Waals surface area contributed by atoms with Gasteiger partial charge in [-0.3, -0.25) is 4.79 Å². The largest absolute Gasteiger partial charge is 0.493 e. The quantitative estimate of drug-likeness (QED) is 0.304. The van der Waals surface area contributed by atoms with Crippen LogP contribution in [0.2, 0.25) is 5.02 Å².